The maximum Gasteiger partial charge on any atom is 0.328 e. The van der Waals surface area contributed by atoms with E-state index in [9.17, 15) is 4.79 Å². The third-order valence-electron chi connectivity index (χ3n) is 3.35. The molecule has 2 rings (SSSR count). The van der Waals surface area contributed by atoms with Crippen LogP contribution in [0.3, 0.4) is 0 Å². The van der Waals surface area contributed by atoms with Crippen LogP contribution in [0, 0.1) is 12.8 Å². The molecular weight excluding hydrogens is 230 g/mol. The van der Waals surface area contributed by atoms with Crippen molar-refractivity contribution in [3.05, 3.63) is 17.3 Å². The third-order valence-corrected chi connectivity index (χ3v) is 3.35. The summed E-state index contributed by atoms with van der Waals surface area (Å²) in [5.41, 5.74) is 1.78. The minimum Gasteiger partial charge on any atom is -0.478 e. The van der Waals surface area contributed by atoms with E-state index in [2.05, 4.69) is 16.9 Å². The Morgan fingerprint density at radius 3 is 2.83 bits per heavy atom. The van der Waals surface area contributed by atoms with Crippen molar-refractivity contribution in [2.24, 2.45) is 13.0 Å². The second-order valence-corrected chi connectivity index (χ2v) is 4.96. The number of carbonyl (C=O) groups is 1. The third kappa shape index (κ3) is 2.39. The van der Waals surface area contributed by atoms with Gasteiger partial charge >= 0.3 is 5.97 Å². The number of hydrogen-bond acceptors (Lipinski definition) is 3. The van der Waals surface area contributed by atoms with Gasteiger partial charge in [0.2, 0.25) is 0 Å². The van der Waals surface area contributed by atoms with Crippen molar-refractivity contribution in [2.75, 3.05) is 18.0 Å². The summed E-state index contributed by atoms with van der Waals surface area (Å²) in [4.78, 5) is 12.9. The van der Waals surface area contributed by atoms with E-state index >= 15 is 0 Å². The standard InChI is InChI=1S/C13H19N3O2/c1-9-6-7-16(8-9)13-11(4-5-12(17)18)10(2)14-15(13)3/h4-5,9H,6-8H2,1-3H3,(H,17,18). The molecule has 1 N–H and O–H groups in total. The average Bonchev–Trinajstić information content (AvgIpc) is 2.79. The highest BCUT2D eigenvalue weighted by Gasteiger charge is 2.24. The normalized spacial score (nSPS) is 19.9. The molecule has 5 nitrogen and oxygen atoms in total. The fourth-order valence-electron chi connectivity index (χ4n) is 2.51. The van der Waals surface area contributed by atoms with Crippen LogP contribution >= 0.6 is 0 Å². The van der Waals surface area contributed by atoms with E-state index in [0.29, 0.717) is 5.92 Å². The van der Waals surface area contributed by atoms with E-state index in [-0.39, 0.29) is 0 Å². The quantitative estimate of drug-likeness (QED) is 0.828. The second-order valence-electron chi connectivity index (χ2n) is 4.96. The Morgan fingerprint density at radius 1 is 1.56 bits per heavy atom. The van der Waals surface area contributed by atoms with E-state index < -0.39 is 5.97 Å². The summed E-state index contributed by atoms with van der Waals surface area (Å²) in [6.07, 6.45) is 3.99. The van der Waals surface area contributed by atoms with Crippen molar-refractivity contribution < 1.29 is 9.90 Å². The first kappa shape index (κ1) is 12.7. The highest BCUT2D eigenvalue weighted by Crippen LogP contribution is 2.29. The van der Waals surface area contributed by atoms with E-state index in [1.807, 2.05) is 18.7 Å². The largest absolute Gasteiger partial charge is 0.478 e. The number of carboxylic acids is 1. The molecule has 0 spiro atoms. The minimum absolute atomic E-state index is 0.677. The zero-order chi connectivity index (χ0) is 13.3. The first-order valence-corrected chi connectivity index (χ1v) is 6.18. The zero-order valence-electron chi connectivity index (χ0n) is 11.1. The van der Waals surface area contributed by atoms with Crippen molar-refractivity contribution in [1.29, 1.82) is 0 Å². The number of nitrogens with zero attached hydrogens (tertiary/aromatic N) is 3. The van der Waals surface area contributed by atoms with E-state index in [4.69, 9.17) is 5.11 Å². The fourth-order valence-corrected chi connectivity index (χ4v) is 2.51. The van der Waals surface area contributed by atoms with Gasteiger partial charge in [-0.2, -0.15) is 5.10 Å². The highest BCUT2D eigenvalue weighted by molar-refractivity contribution is 5.87. The van der Waals surface area contributed by atoms with Gasteiger partial charge in [-0.15, -0.1) is 0 Å². The fraction of sp³-hybridized carbons (Fsp3) is 0.538. The molecule has 2 heterocycles. The first-order chi connectivity index (χ1) is 8.49. The molecule has 1 atom stereocenters. The summed E-state index contributed by atoms with van der Waals surface area (Å²) in [7, 11) is 1.91. The summed E-state index contributed by atoms with van der Waals surface area (Å²) in [6, 6.07) is 0. The maximum absolute atomic E-state index is 10.6. The molecule has 1 aliphatic rings. The van der Waals surface area contributed by atoms with Crippen LogP contribution in [0.25, 0.3) is 6.08 Å². The van der Waals surface area contributed by atoms with Gasteiger partial charge in [0.15, 0.2) is 0 Å². The van der Waals surface area contributed by atoms with Crippen LogP contribution in [0.4, 0.5) is 5.82 Å². The lowest BCUT2D eigenvalue weighted by Crippen LogP contribution is -2.22. The summed E-state index contributed by atoms with van der Waals surface area (Å²) < 4.78 is 1.84. The molecule has 1 aromatic rings. The van der Waals surface area contributed by atoms with Crippen LogP contribution < -0.4 is 4.90 Å². The molecule has 98 valence electrons. The topological polar surface area (TPSA) is 58.4 Å². The van der Waals surface area contributed by atoms with Crippen LogP contribution in [-0.4, -0.2) is 33.9 Å². The number of aromatic nitrogens is 2. The van der Waals surface area contributed by atoms with Crippen LogP contribution in [0.2, 0.25) is 0 Å². The monoisotopic (exact) mass is 249 g/mol. The summed E-state index contributed by atoms with van der Waals surface area (Å²) >= 11 is 0. The van der Waals surface area contributed by atoms with Crippen molar-refractivity contribution in [3.63, 3.8) is 0 Å². The molecule has 1 fully saturated rings. The Hall–Kier alpha value is -1.78. The maximum atomic E-state index is 10.6. The van der Waals surface area contributed by atoms with Crippen LogP contribution in [-0.2, 0) is 11.8 Å². The van der Waals surface area contributed by atoms with Gasteiger partial charge < -0.3 is 10.0 Å². The van der Waals surface area contributed by atoms with Gasteiger partial charge in [0.1, 0.15) is 5.82 Å². The number of hydrogen-bond donors (Lipinski definition) is 1. The predicted octanol–water partition coefficient (Wildman–Crippen LogP) is 1.67. The van der Waals surface area contributed by atoms with Gasteiger partial charge in [0, 0.05) is 31.8 Å². The molecule has 18 heavy (non-hydrogen) atoms. The molecule has 0 aromatic carbocycles. The Bertz CT molecular complexity index is 491. The minimum atomic E-state index is -0.931. The summed E-state index contributed by atoms with van der Waals surface area (Å²) in [6.45, 7) is 6.15. The van der Waals surface area contributed by atoms with Gasteiger partial charge in [0.25, 0.3) is 0 Å². The molecule has 0 amide bonds. The summed E-state index contributed by atoms with van der Waals surface area (Å²) in [5.74, 6) is 0.768. The van der Waals surface area contributed by atoms with Crippen molar-refractivity contribution in [2.45, 2.75) is 20.3 Å². The van der Waals surface area contributed by atoms with Crippen LogP contribution in [0.15, 0.2) is 6.08 Å². The number of aryl methyl sites for hydroxylation is 2. The number of anilines is 1. The zero-order valence-corrected chi connectivity index (χ0v) is 11.1. The Morgan fingerprint density at radius 2 is 2.28 bits per heavy atom. The number of carboxylic acid groups (broad SMARTS) is 1. The first-order valence-electron chi connectivity index (χ1n) is 6.18. The van der Waals surface area contributed by atoms with Crippen LogP contribution in [0.1, 0.15) is 24.6 Å². The van der Waals surface area contributed by atoms with Gasteiger partial charge in [-0.25, -0.2) is 4.79 Å². The molecular formula is C13H19N3O2. The molecule has 1 aliphatic heterocycles. The predicted molar refractivity (Wildman–Crippen MR) is 70.6 cm³/mol. The smallest absolute Gasteiger partial charge is 0.328 e. The molecule has 0 aliphatic carbocycles. The van der Waals surface area contributed by atoms with Crippen LogP contribution in [0.5, 0.6) is 0 Å². The lowest BCUT2D eigenvalue weighted by Gasteiger charge is -2.19. The molecule has 0 saturated carbocycles. The Kier molecular flexibility index (Phi) is 3.41. The number of aliphatic carboxylic acids is 1. The molecule has 0 radical (unpaired) electrons. The van der Waals surface area contributed by atoms with Crippen molar-refractivity contribution in [1.82, 2.24) is 9.78 Å². The van der Waals surface area contributed by atoms with Crippen molar-refractivity contribution in [3.8, 4) is 0 Å². The summed E-state index contributed by atoms with van der Waals surface area (Å²) in [5, 5.41) is 13.1. The lowest BCUT2D eigenvalue weighted by molar-refractivity contribution is -0.131. The van der Waals surface area contributed by atoms with E-state index in [1.54, 1.807) is 6.08 Å². The molecule has 1 unspecified atom stereocenters. The van der Waals surface area contributed by atoms with Gasteiger partial charge in [-0.1, -0.05) is 6.92 Å². The van der Waals surface area contributed by atoms with Crippen molar-refractivity contribution >= 4 is 17.9 Å². The van der Waals surface area contributed by atoms with Gasteiger partial charge in [-0.3, -0.25) is 4.68 Å². The molecule has 1 saturated heterocycles. The SMILES string of the molecule is Cc1nn(C)c(N2CCC(C)C2)c1C=CC(=O)O. The molecule has 0 bridgehead atoms. The Balaban J connectivity index is 2.36. The highest BCUT2D eigenvalue weighted by atomic mass is 16.4. The van der Waals surface area contributed by atoms with Gasteiger partial charge in [0.05, 0.1) is 5.69 Å². The second kappa shape index (κ2) is 4.84. The number of rotatable bonds is 3. The average molecular weight is 249 g/mol. The Labute approximate surface area is 107 Å². The van der Waals surface area contributed by atoms with Gasteiger partial charge in [-0.05, 0) is 25.3 Å². The molecule has 1 aromatic heterocycles. The van der Waals surface area contributed by atoms with E-state index in [1.165, 1.54) is 12.5 Å². The van der Waals surface area contributed by atoms with E-state index in [0.717, 1.165) is 30.2 Å². The molecule has 5 heteroatoms. The lowest BCUT2D eigenvalue weighted by atomic mass is 10.2.